The van der Waals surface area contributed by atoms with Crippen LogP contribution in [0.1, 0.15) is 30.6 Å². The van der Waals surface area contributed by atoms with Gasteiger partial charge in [0.15, 0.2) is 5.75 Å². The minimum absolute atomic E-state index is 0.112. The van der Waals surface area contributed by atoms with Crippen LogP contribution in [0.4, 0.5) is 0 Å². The number of ether oxygens (including phenoxy) is 1. The van der Waals surface area contributed by atoms with Crippen molar-refractivity contribution in [2.24, 2.45) is 0 Å². The Morgan fingerprint density at radius 1 is 1.38 bits per heavy atom. The second kappa shape index (κ2) is 7.16. The van der Waals surface area contributed by atoms with Crippen LogP contribution < -0.4 is 10.1 Å². The van der Waals surface area contributed by atoms with Crippen LogP contribution in [0.25, 0.3) is 0 Å². The molecule has 1 unspecified atom stereocenters. The maximum Gasteiger partial charge on any atom is 0.161 e. The number of aromatic nitrogens is 2. The zero-order valence-electron chi connectivity index (χ0n) is 12.4. The molecule has 0 amide bonds. The van der Waals surface area contributed by atoms with Crippen LogP contribution in [0.2, 0.25) is 10.0 Å². The summed E-state index contributed by atoms with van der Waals surface area (Å²) in [5.41, 5.74) is 1.91. The molecular formula is C15H19Cl2N3O. The van der Waals surface area contributed by atoms with E-state index in [1.54, 1.807) is 19.4 Å². The molecule has 0 spiro atoms. The number of rotatable bonds is 6. The second-order valence-electron chi connectivity index (χ2n) is 4.71. The predicted octanol–water partition coefficient (Wildman–Crippen LogP) is 3.92. The van der Waals surface area contributed by atoms with Gasteiger partial charge in [-0.25, -0.2) is 0 Å². The number of aryl methyl sites for hydroxylation is 1. The largest absolute Gasteiger partial charge is 0.493 e. The fourth-order valence-corrected chi connectivity index (χ4v) is 2.91. The van der Waals surface area contributed by atoms with Gasteiger partial charge in [0.25, 0.3) is 0 Å². The SMILES string of the molecule is CCCn1ncc(OC)c1C(NC)c1ccc(Cl)cc1Cl. The molecule has 1 heterocycles. The molecule has 0 aliphatic heterocycles. The summed E-state index contributed by atoms with van der Waals surface area (Å²) in [6.07, 6.45) is 2.72. The van der Waals surface area contributed by atoms with Crippen molar-refractivity contribution in [3.05, 3.63) is 45.7 Å². The molecule has 0 saturated carbocycles. The molecule has 0 aliphatic rings. The van der Waals surface area contributed by atoms with Crippen LogP contribution >= 0.6 is 23.2 Å². The van der Waals surface area contributed by atoms with E-state index in [1.165, 1.54) is 0 Å². The van der Waals surface area contributed by atoms with Crippen molar-refractivity contribution in [1.29, 1.82) is 0 Å². The first-order valence-electron chi connectivity index (χ1n) is 6.84. The van der Waals surface area contributed by atoms with Crippen molar-refractivity contribution in [1.82, 2.24) is 15.1 Å². The molecule has 0 fully saturated rings. The summed E-state index contributed by atoms with van der Waals surface area (Å²) in [5, 5.41) is 8.92. The van der Waals surface area contributed by atoms with Crippen molar-refractivity contribution in [3.63, 3.8) is 0 Å². The van der Waals surface area contributed by atoms with E-state index in [2.05, 4.69) is 17.3 Å². The molecule has 4 nitrogen and oxygen atoms in total. The molecule has 21 heavy (non-hydrogen) atoms. The number of benzene rings is 1. The van der Waals surface area contributed by atoms with Gasteiger partial charge < -0.3 is 10.1 Å². The third kappa shape index (κ3) is 3.34. The van der Waals surface area contributed by atoms with Gasteiger partial charge in [0.2, 0.25) is 0 Å². The average molecular weight is 328 g/mol. The first-order chi connectivity index (χ1) is 10.1. The highest BCUT2D eigenvalue weighted by atomic mass is 35.5. The molecule has 0 aliphatic carbocycles. The summed E-state index contributed by atoms with van der Waals surface area (Å²) in [4.78, 5) is 0. The normalized spacial score (nSPS) is 12.4. The highest BCUT2D eigenvalue weighted by molar-refractivity contribution is 6.35. The molecule has 6 heteroatoms. The van der Waals surface area contributed by atoms with Crippen molar-refractivity contribution in [2.45, 2.75) is 25.9 Å². The van der Waals surface area contributed by atoms with Crippen molar-refractivity contribution in [2.75, 3.05) is 14.2 Å². The minimum atomic E-state index is -0.112. The lowest BCUT2D eigenvalue weighted by Gasteiger charge is -2.21. The number of methoxy groups -OCH3 is 1. The zero-order valence-corrected chi connectivity index (χ0v) is 13.9. The number of halogens is 2. The lowest BCUT2D eigenvalue weighted by Crippen LogP contribution is -2.22. The van der Waals surface area contributed by atoms with E-state index in [1.807, 2.05) is 23.9 Å². The standard InChI is InChI=1S/C15H19Cl2N3O/c1-4-7-20-15(13(21-3)9-19-20)14(18-2)11-6-5-10(16)8-12(11)17/h5-6,8-9,14,18H,4,7H2,1-3H3. The number of hydrogen-bond donors (Lipinski definition) is 1. The van der Waals surface area contributed by atoms with Crippen molar-refractivity contribution in [3.8, 4) is 5.75 Å². The van der Waals surface area contributed by atoms with Gasteiger partial charge in [-0.1, -0.05) is 36.2 Å². The molecule has 0 saturated heterocycles. The van der Waals surface area contributed by atoms with Crippen molar-refractivity contribution >= 4 is 23.2 Å². The number of hydrogen-bond acceptors (Lipinski definition) is 3. The van der Waals surface area contributed by atoms with E-state index in [0.29, 0.717) is 10.0 Å². The van der Waals surface area contributed by atoms with Gasteiger partial charge in [-0.3, -0.25) is 4.68 Å². The molecule has 2 rings (SSSR count). The number of nitrogens with one attached hydrogen (secondary N) is 1. The summed E-state index contributed by atoms with van der Waals surface area (Å²) in [5.74, 6) is 0.744. The molecule has 1 N–H and O–H groups in total. The van der Waals surface area contributed by atoms with Crippen LogP contribution in [0.5, 0.6) is 5.75 Å². The Kier molecular flexibility index (Phi) is 5.51. The van der Waals surface area contributed by atoms with E-state index < -0.39 is 0 Å². The minimum Gasteiger partial charge on any atom is -0.493 e. The monoisotopic (exact) mass is 327 g/mol. The fraction of sp³-hybridized carbons (Fsp3) is 0.400. The first kappa shape index (κ1) is 16.1. The Morgan fingerprint density at radius 2 is 2.14 bits per heavy atom. The summed E-state index contributed by atoms with van der Waals surface area (Å²) in [7, 11) is 3.53. The van der Waals surface area contributed by atoms with E-state index >= 15 is 0 Å². The second-order valence-corrected chi connectivity index (χ2v) is 5.55. The quantitative estimate of drug-likeness (QED) is 0.874. The van der Waals surface area contributed by atoms with Crippen LogP contribution in [0, 0.1) is 0 Å². The average Bonchev–Trinajstić information content (AvgIpc) is 2.85. The predicted molar refractivity (Wildman–Crippen MR) is 86.4 cm³/mol. The van der Waals surface area contributed by atoms with Crippen LogP contribution in [-0.4, -0.2) is 23.9 Å². The topological polar surface area (TPSA) is 39.1 Å². The number of nitrogens with zero attached hydrogens (tertiary/aromatic N) is 2. The smallest absolute Gasteiger partial charge is 0.161 e. The van der Waals surface area contributed by atoms with Crippen LogP contribution in [0.15, 0.2) is 24.4 Å². The third-order valence-electron chi connectivity index (χ3n) is 3.34. The highest BCUT2D eigenvalue weighted by Crippen LogP contribution is 2.34. The van der Waals surface area contributed by atoms with Crippen LogP contribution in [0.3, 0.4) is 0 Å². The van der Waals surface area contributed by atoms with Gasteiger partial charge in [-0.2, -0.15) is 5.10 Å². The van der Waals surface area contributed by atoms with Gasteiger partial charge in [-0.05, 0) is 31.2 Å². The van der Waals surface area contributed by atoms with Gasteiger partial charge >= 0.3 is 0 Å². The van der Waals surface area contributed by atoms with Crippen molar-refractivity contribution < 1.29 is 4.74 Å². The molecule has 0 radical (unpaired) electrons. The fourth-order valence-electron chi connectivity index (χ4n) is 2.39. The molecule has 1 atom stereocenters. The maximum absolute atomic E-state index is 6.35. The summed E-state index contributed by atoms with van der Waals surface area (Å²) in [6.45, 7) is 2.93. The van der Waals surface area contributed by atoms with E-state index in [0.717, 1.165) is 30.0 Å². The molecule has 1 aromatic heterocycles. The Labute approximate surface area is 135 Å². The molecule has 1 aromatic carbocycles. The van der Waals surface area contributed by atoms with E-state index in [-0.39, 0.29) is 6.04 Å². The highest BCUT2D eigenvalue weighted by Gasteiger charge is 2.24. The lowest BCUT2D eigenvalue weighted by atomic mass is 10.0. The van der Waals surface area contributed by atoms with Gasteiger partial charge in [0.1, 0.15) is 5.69 Å². The molecule has 0 bridgehead atoms. The Hall–Kier alpha value is -1.23. The first-order valence-corrected chi connectivity index (χ1v) is 7.59. The summed E-state index contributed by atoms with van der Waals surface area (Å²) < 4.78 is 7.40. The van der Waals surface area contributed by atoms with Gasteiger partial charge in [-0.15, -0.1) is 0 Å². The van der Waals surface area contributed by atoms with Crippen LogP contribution in [-0.2, 0) is 6.54 Å². The van der Waals surface area contributed by atoms with Gasteiger partial charge in [0, 0.05) is 16.6 Å². The van der Waals surface area contributed by atoms with E-state index in [4.69, 9.17) is 27.9 Å². The Balaban J connectivity index is 2.52. The Morgan fingerprint density at radius 3 is 2.71 bits per heavy atom. The zero-order chi connectivity index (χ0) is 15.4. The molecule has 2 aromatic rings. The summed E-state index contributed by atoms with van der Waals surface area (Å²) >= 11 is 12.3. The lowest BCUT2D eigenvalue weighted by molar-refractivity contribution is 0.400. The molecule has 114 valence electrons. The molecular weight excluding hydrogens is 309 g/mol. The Bertz CT molecular complexity index is 613. The maximum atomic E-state index is 6.35. The summed E-state index contributed by atoms with van der Waals surface area (Å²) in [6, 6.07) is 5.39. The van der Waals surface area contributed by atoms with E-state index in [9.17, 15) is 0 Å². The van der Waals surface area contributed by atoms with Gasteiger partial charge in [0.05, 0.1) is 19.3 Å². The third-order valence-corrected chi connectivity index (χ3v) is 3.90.